The number of nitrogens with zero attached hydrogens (tertiary/aromatic N) is 1. The van der Waals surface area contributed by atoms with Crippen LogP contribution in [0.1, 0.15) is 39.0 Å². The van der Waals surface area contributed by atoms with Crippen LogP contribution < -0.4 is 15.6 Å². The lowest BCUT2D eigenvalue weighted by Gasteiger charge is -2.33. The van der Waals surface area contributed by atoms with Crippen molar-refractivity contribution in [1.82, 2.24) is 9.97 Å². The van der Waals surface area contributed by atoms with Gasteiger partial charge in [-0.3, -0.25) is 4.79 Å². The maximum atomic E-state index is 11.5. The molecule has 1 heterocycles. The average molecular weight is 251 g/mol. The number of ether oxygens (including phenoxy) is 1. The fraction of sp³-hybridized carbons (Fsp3) is 0.692. The van der Waals surface area contributed by atoms with E-state index in [4.69, 9.17) is 4.74 Å². The van der Waals surface area contributed by atoms with Gasteiger partial charge in [0, 0.05) is 6.54 Å². The molecule has 18 heavy (non-hydrogen) atoms. The first-order valence-corrected chi connectivity index (χ1v) is 6.50. The van der Waals surface area contributed by atoms with E-state index >= 15 is 0 Å². The third-order valence-corrected chi connectivity index (χ3v) is 3.76. The maximum Gasteiger partial charge on any atom is 0.295 e. The number of hydrogen-bond acceptors (Lipinski definition) is 4. The number of aromatic nitrogens is 2. The summed E-state index contributed by atoms with van der Waals surface area (Å²) in [5, 5.41) is 3.26. The van der Waals surface area contributed by atoms with Crippen LogP contribution in [0.25, 0.3) is 0 Å². The minimum absolute atomic E-state index is 0.246. The molecule has 5 nitrogen and oxygen atoms in total. The second-order valence-electron chi connectivity index (χ2n) is 5.34. The fourth-order valence-corrected chi connectivity index (χ4v) is 2.58. The van der Waals surface area contributed by atoms with Crippen molar-refractivity contribution >= 4 is 5.82 Å². The lowest BCUT2D eigenvalue weighted by atomic mass is 9.76. The molecule has 1 aromatic rings. The van der Waals surface area contributed by atoms with Crippen LogP contribution in [0.2, 0.25) is 0 Å². The van der Waals surface area contributed by atoms with Crippen LogP contribution in [0.4, 0.5) is 5.82 Å². The number of H-pyrrole nitrogens is 1. The van der Waals surface area contributed by atoms with E-state index in [2.05, 4.69) is 22.2 Å². The molecule has 0 amide bonds. The molecular formula is C13H21N3O2. The number of anilines is 1. The third-order valence-electron chi connectivity index (χ3n) is 3.76. The lowest BCUT2D eigenvalue weighted by Crippen LogP contribution is -2.29. The Hall–Kier alpha value is -1.52. The third kappa shape index (κ3) is 2.83. The predicted octanol–water partition coefficient (Wildman–Crippen LogP) is 2.16. The van der Waals surface area contributed by atoms with Crippen molar-refractivity contribution < 1.29 is 4.74 Å². The van der Waals surface area contributed by atoms with Gasteiger partial charge in [0.25, 0.3) is 5.56 Å². The Labute approximate surface area is 107 Å². The van der Waals surface area contributed by atoms with Gasteiger partial charge in [-0.15, -0.1) is 0 Å². The minimum atomic E-state index is -0.246. The molecule has 100 valence electrons. The van der Waals surface area contributed by atoms with Gasteiger partial charge in [0.2, 0.25) is 5.75 Å². The normalized spacial score (nSPS) is 18.3. The number of methoxy groups -OCH3 is 1. The summed E-state index contributed by atoms with van der Waals surface area (Å²) < 4.78 is 5.08. The van der Waals surface area contributed by atoms with Crippen LogP contribution in [0.15, 0.2) is 11.1 Å². The molecule has 1 fully saturated rings. The van der Waals surface area contributed by atoms with E-state index in [1.807, 2.05) is 0 Å². The monoisotopic (exact) mass is 251 g/mol. The quantitative estimate of drug-likeness (QED) is 0.860. The zero-order valence-corrected chi connectivity index (χ0v) is 11.1. The minimum Gasteiger partial charge on any atom is -0.489 e. The largest absolute Gasteiger partial charge is 0.489 e. The zero-order chi connectivity index (χ0) is 13.0. The molecule has 0 bridgehead atoms. The van der Waals surface area contributed by atoms with Crippen molar-refractivity contribution in [2.45, 2.75) is 39.0 Å². The first-order valence-electron chi connectivity index (χ1n) is 6.50. The fourth-order valence-electron chi connectivity index (χ4n) is 2.58. The van der Waals surface area contributed by atoms with Gasteiger partial charge in [-0.1, -0.05) is 26.2 Å². The number of nitrogens with one attached hydrogen (secondary N) is 2. The van der Waals surface area contributed by atoms with Crippen LogP contribution in [-0.2, 0) is 0 Å². The molecule has 0 saturated heterocycles. The summed E-state index contributed by atoms with van der Waals surface area (Å²) in [5.41, 5.74) is 0.0527. The molecule has 0 aliphatic heterocycles. The number of rotatable bonds is 4. The topological polar surface area (TPSA) is 67.0 Å². The van der Waals surface area contributed by atoms with E-state index in [-0.39, 0.29) is 11.3 Å². The molecule has 0 spiro atoms. The Bertz CT molecular complexity index is 450. The van der Waals surface area contributed by atoms with Crippen molar-refractivity contribution in [2.75, 3.05) is 19.0 Å². The van der Waals surface area contributed by atoms with E-state index < -0.39 is 0 Å². The van der Waals surface area contributed by atoms with Crippen LogP contribution >= 0.6 is 0 Å². The smallest absolute Gasteiger partial charge is 0.295 e. The molecule has 1 aromatic heterocycles. The highest BCUT2D eigenvalue weighted by Gasteiger charge is 2.27. The van der Waals surface area contributed by atoms with E-state index in [0.29, 0.717) is 11.2 Å². The van der Waals surface area contributed by atoms with Crippen molar-refractivity contribution in [1.29, 1.82) is 0 Å². The highest BCUT2D eigenvalue weighted by Crippen LogP contribution is 2.35. The van der Waals surface area contributed by atoms with E-state index in [0.717, 1.165) is 6.54 Å². The second-order valence-corrected chi connectivity index (χ2v) is 5.34. The van der Waals surface area contributed by atoms with Crippen LogP contribution in [0, 0.1) is 5.41 Å². The summed E-state index contributed by atoms with van der Waals surface area (Å²) >= 11 is 0. The van der Waals surface area contributed by atoms with E-state index in [9.17, 15) is 4.79 Å². The Morgan fingerprint density at radius 3 is 2.83 bits per heavy atom. The predicted molar refractivity (Wildman–Crippen MR) is 71.1 cm³/mol. The summed E-state index contributed by atoms with van der Waals surface area (Å²) in [6, 6.07) is 0. The molecule has 1 aliphatic carbocycles. The second kappa shape index (κ2) is 5.42. The summed E-state index contributed by atoms with van der Waals surface area (Å²) in [6.45, 7) is 3.12. The Morgan fingerprint density at radius 1 is 1.44 bits per heavy atom. The summed E-state index contributed by atoms with van der Waals surface area (Å²) in [6.07, 6.45) is 7.77. The van der Waals surface area contributed by atoms with Gasteiger partial charge in [-0.05, 0) is 18.3 Å². The van der Waals surface area contributed by atoms with Gasteiger partial charge in [0.1, 0.15) is 0 Å². The molecule has 1 saturated carbocycles. The molecule has 0 aromatic carbocycles. The molecule has 5 heteroatoms. The van der Waals surface area contributed by atoms with Gasteiger partial charge >= 0.3 is 0 Å². The molecule has 0 unspecified atom stereocenters. The highest BCUT2D eigenvalue weighted by molar-refractivity contribution is 5.47. The standard InChI is InChI=1S/C13H21N3O2/c1-13(6-4-3-5-7-13)8-14-11-10(18-2)12(17)16-9-15-11/h9H,3-8H2,1-2H3,(H2,14,15,16,17). The Morgan fingerprint density at radius 2 is 2.17 bits per heavy atom. The number of aromatic amines is 1. The molecule has 0 atom stereocenters. The van der Waals surface area contributed by atoms with Crippen molar-refractivity contribution in [3.63, 3.8) is 0 Å². The highest BCUT2D eigenvalue weighted by atomic mass is 16.5. The van der Waals surface area contributed by atoms with E-state index in [1.54, 1.807) is 0 Å². The molecule has 2 rings (SSSR count). The first kappa shape index (κ1) is 12.9. The zero-order valence-electron chi connectivity index (χ0n) is 11.1. The van der Waals surface area contributed by atoms with Gasteiger partial charge < -0.3 is 15.0 Å². The van der Waals surface area contributed by atoms with Gasteiger partial charge in [-0.2, -0.15) is 0 Å². The van der Waals surface area contributed by atoms with Gasteiger partial charge in [0.15, 0.2) is 5.82 Å². The summed E-state index contributed by atoms with van der Waals surface area (Å²) in [7, 11) is 1.49. The summed E-state index contributed by atoms with van der Waals surface area (Å²) in [4.78, 5) is 18.2. The average Bonchev–Trinajstić information content (AvgIpc) is 2.37. The summed E-state index contributed by atoms with van der Waals surface area (Å²) in [5.74, 6) is 0.796. The first-order chi connectivity index (χ1) is 8.64. The van der Waals surface area contributed by atoms with Crippen molar-refractivity contribution in [3.05, 3.63) is 16.7 Å². The maximum absolute atomic E-state index is 11.5. The van der Waals surface area contributed by atoms with Gasteiger partial charge in [0.05, 0.1) is 13.4 Å². The number of hydrogen-bond donors (Lipinski definition) is 2. The van der Waals surface area contributed by atoms with Crippen LogP contribution in [-0.4, -0.2) is 23.6 Å². The molecular weight excluding hydrogens is 230 g/mol. The van der Waals surface area contributed by atoms with Crippen LogP contribution in [0.3, 0.4) is 0 Å². The molecule has 1 aliphatic rings. The Kier molecular flexibility index (Phi) is 3.89. The lowest BCUT2D eigenvalue weighted by molar-refractivity contribution is 0.233. The van der Waals surface area contributed by atoms with Crippen molar-refractivity contribution in [3.8, 4) is 5.75 Å². The van der Waals surface area contributed by atoms with Gasteiger partial charge in [-0.25, -0.2) is 4.98 Å². The van der Waals surface area contributed by atoms with Crippen molar-refractivity contribution in [2.24, 2.45) is 5.41 Å². The van der Waals surface area contributed by atoms with Crippen LogP contribution in [0.5, 0.6) is 5.75 Å². The molecule has 0 radical (unpaired) electrons. The SMILES string of the molecule is COc1c(NCC2(C)CCCCC2)nc[nH]c1=O. The van der Waals surface area contributed by atoms with E-state index in [1.165, 1.54) is 45.5 Å². The molecule has 2 N–H and O–H groups in total. The Balaban J connectivity index is 2.06.